The van der Waals surface area contributed by atoms with Gasteiger partial charge in [-0.25, -0.2) is 0 Å². The maximum Gasteiger partial charge on any atom is 0.152 e. The van der Waals surface area contributed by atoms with Crippen LogP contribution >= 0.6 is 15.9 Å². The minimum absolute atomic E-state index is 0.0792. The van der Waals surface area contributed by atoms with E-state index >= 15 is 0 Å². The van der Waals surface area contributed by atoms with E-state index in [0.717, 1.165) is 19.3 Å². The zero-order valence-electron chi connectivity index (χ0n) is 13.6. The Kier molecular flexibility index (Phi) is 3.44. The third kappa shape index (κ3) is 1.90. The molecule has 0 saturated heterocycles. The molecular weight excluding hydrogens is 340 g/mol. The molecule has 0 heterocycles. The van der Waals surface area contributed by atoms with Gasteiger partial charge in [0.15, 0.2) is 5.78 Å². The number of rotatable bonds is 0. The quantitative estimate of drug-likeness (QED) is 0.517. The molecule has 3 heteroatoms. The predicted octanol–water partition coefficient (Wildman–Crippen LogP) is 4.11. The molecule has 4 aliphatic rings. The van der Waals surface area contributed by atoms with Crippen LogP contribution in [0.25, 0.3) is 0 Å². The van der Waals surface area contributed by atoms with Gasteiger partial charge >= 0.3 is 0 Å². The van der Waals surface area contributed by atoms with E-state index in [1.807, 2.05) is 6.08 Å². The monoisotopic (exact) mass is 366 g/mol. The number of halogens is 1. The molecule has 2 nitrogen and oxygen atoms in total. The van der Waals surface area contributed by atoms with Crippen LogP contribution in [0, 0.1) is 34.5 Å². The van der Waals surface area contributed by atoms with E-state index in [2.05, 4.69) is 35.9 Å². The van der Waals surface area contributed by atoms with Crippen LogP contribution < -0.4 is 0 Å². The fourth-order valence-electron chi connectivity index (χ4n) is 6.54. The summed E-state index contributed by atoms with van der Waals surface area (Å²) < 4.78 is 0. The van der Waals surface area contributed by atoms with Gasteiger partial charge < -0.3 is 5.11 Å². The molecule has 4 rings (SSSR count). The minimum Gasteiger partial charge on any atom is -0.389 e. The van der Waals surface area contributed by atoms with E-state index in [1.165, 1.54) is 19.3 Å². The number of aliphatic hydroxyl groups excluding tert-OH is 1. The lowest BCUT2D eigenvalue weighted by atomic mass is 9.46. The highest BCUT2D eigenvalue weighted by molar-refractivity contribution is 9.10. The van der Waals surface area contributed by atoms with Crippen LogP contribution in [0.15, 0.2) is 12.2 Å². The standard InChI is InChI=1S/C19H27BrO2/c1-18-7-5-12(21)9-11(18)3-4-13-14(18)6-8-19(2)15(13)10-16(20)17(19)22/h5,7,11-16,21H,3-4,6,8-10H2,1-2H3/t11?,12-,13+,14-,15-,16+,18-,19-/m0/s1. The van der Waals surface area contributed by atoms with Crippen LogP contribution in [0.1, 0.15) is 52.4 Å². The number of hydrogen-bond donors (Lipinski definition) is 1. The Morgan fingerprint density at radius 3 is 2.73 bits per heavy atom. The number of allylic oxidation sites excluding steroid dienone is 1. The zero-order chi connectivity index (χ0) is 15.7. The van der Waals surface area contributed by atoms with Gasteiger partial charge in [-0.2, -0.15) is 0 Å². The molecule has 0 radical (unpaired) electrons. The van der Waals surface area contributed by atoms with Gasteiger partial charge in [0.25, 0.3) is 0 Å². The Morgan fingerprint density at radius 1 is 1.18 bits per heavy atom. The first-order valence-corrected chi connectivity index (χ1v) is 9.83. The molecule has 22 heavy (non-hydrogen) atoms. The Bertz CT molecular complexity index is 530. The van der Waals surface area contributed by atoms with Gasteiger partial charge in [-0.05, 0) is 67.6 Å². The van der Waals surface area contributed by atoms with Gasteiger partial charge in [0.2, 0.25) is 0 Å². The molecule has 0 spiro atoms. The highest BCUT2D eigenvalue weighted by atomic mass is 79.9. The topological polar surface area (TPSA) is 37.3 Å². The average Bonchev–Trinajstić information content (AvgIpc) is 2.72. The van der Waals surface area contributed by atoms with Gasteiger partial charge in [0.05, 0.1) is 10.9 Å². The molecule has 122 valence electrons. The van der Waals surface area contributed by atoms with Crippen molar-refractivity contribution in [2.45, 2.75) is 63.3 Å². The van der Waals surface area contributed by atoms with Crippen LogP contribution in [0.4, 0.5) is 0 Å². The maximum absolute atomic E-state index is 12.6. The molecular formula is C19H27BrO2. The third-order valence-electron chi connectivity index (χ3n) is 7.87. The second-order valence-electron chi connectivity index (χ2n) is 8.70. The minimum atomic E-state index is -0.247. The summed E-state index contributed by atoms with van der Waals surface area (Å²) >= 11 is 3.64. The van der Waals surface area contributed by atoms with Gasteiger partial charge in [-0.1, -0.05) is 41.9 Å². The molecule has 3 saturated carbocycles. The molecule has 4 aliphatic carbocycles. The van der Waals surface area contributed by atoms with E-state index in [-0.39, 0.29) is 21.8 Å². The Hall–Kier alpha value is -0.150. The number of carbonyl (C=O) groups is 1. The first kappa shape index (κ1) is 15.4. The number of carbonyl (C=O) groups excluding carboxylic acids is 1. The summed E-state index contributed by atoms with van der Waals surface area (Å²) in [6.45, 7) is 4.65. The predicted molar refractivity (Wildman–Crippen MR) is 90.7 cm³/mol. The van der Waals surface area contributed by atoms with Crippen LogP contribution in [0.3, 0.4) is 0 Å². The number of hydrogen-bond acceptors (Lipinski definition) is 2. The van der Waals surface area contributed by atoms with Crippen LogP contribution in [-0.2, 0) is 4.79 Å². The van der Waals surface area contributed by atoms with E-state index in [1.54, 1.807) is 0 Å². The van der Waals surface area contributed by atoms with E-state index < -0.39 is 0 Å². The van der Waals surface area contributed by atoms with Crippen molar-refractivity contribution in [3.05, 3.63) is 12.2 Å². The zero-order valence-corrected chi connectivity index (χ0v) is 15.2. The SMILES string of the molecule is C[C@]12C=C[C@H](O)CC1CC[C@@H]1[C@@H]2CC[C@]2(C)C(=O)[C@H](Br)C[C@@H]12. The van der Waals surface area contributed by atoms with Crippen LogP contribution in [0.5, 0.6) is 0 Å². The first-order chi connectivity index (χ1) is 10.4. The lowest BCUT2D eigenvalue weighted by molar-refractivity contribution is -0.134. The normalized spacial score (nSPS) is 57.2. The fourth-order valence-corrected chi connectivity index (χ4v) is 7.46. The molecule has 0 aromatic rings. The number of alkyl halides is 1. The second kappa shape index (κ2) is 4.92. The fraction of sp³-hybridized carbons (Fsp3) is 0.842. The Labute approximate surface area is 141 Å². The molecule has 1 N–H and O–H groups in total. The number of aliphatic hydroxyl groups is 1. The van der Waals surface area contributed by atoms with E-state index in [9.17, 15) is 9.90 Å². The summed E-state index contributed by atoms with van der Waals surface area (Å²) in [5.74, 6) is 3.01. The van der Waals surface area contributed by atoms with Crippen molar-refractivity contribution in [2.75, 3.05) is 0 Å². The van der Waals surface area contributed by atoms with Gasteiger partial charge in [-0.3, -0.25) is 4.79 Å². The molecule has 3 fully saturated rings. The van der Waals surface area contributed by atoms with E-state index in [4.69, 9.17) is 0 Å². The average molecular weight is 367 g/mol. The van der Waals surface area contributed by atoms with Crippen molar-refractivity contribution in [2.24, 2.45) is 34.5 Å². The van der Waals surface area contributed by atoms with Crippen molar-refractivity contribution >= 4 is 21.7 Å². The molecule has 0 aromatic carbocycles. The molecule has 0 aromatic heterocycles. The first-order valence-electron chi connectivity index (χ1n) is 8.92. The van der Waals surface area contributed by atoms with Gasteiger partial charge in [0.1, 0.15) is 0 Å². The summed E-state index contributed by atoms with van der Waals surface area (Å²) in [5, 5.41) is 9.98. The highest BCUT2D eigenvalue weighted by Gasteiger charge is 2.61. The van der Waals surface area contributed by atoms with Crippen molar-refractivity contribution in [1.82, 2.24) is 0 Å². The highest BCUT2D eigenvalue weighted by Crippen LogP contribution is 2.64. The van der Waals surface area contributed by atoms with Crippen molar-refractivity contribution in [3.63, 3.8) is 0 Å². The number of ketones is 1. The molecule has 0 aliphatic heterocycles. The van der Waals surface area contributed by atoms with Gasteiger partial charge in [-0.15, -0.1) is 0 Å². The second-order valence-corrected chi connectivity index (χ2v) is 9.81. The van der Waals surface area contributed by atoms with E-state index in [0.29, 0.717) is 29.5 Å². The van der Waals surface area contributed by atoms with Crippen LogP contribution in [0.2, 0.25) is 0 Å². The molecule has 8 atom stereocenters. The lowest BCUT2D eigenvalue weighted by Gasteiger charge is -2.58. The third-order valence-corrected chi connectivity index (χ3v) is 8.66. The molecule has 0 amide bonds. The summed E-state index contributed by atoms with van der Waals surface area (Å²) in [6.07, 6.45) is 10.8. The summed E-state index contributed by atoms with van der Waals surface area (Å²) in [6, 6.07) is 0. The maximum atomic E-state index is 12.6. The summed E-state index contributed by atoms with van der Waals surface area (Å²) in [4.78, 5) is 12.7. The molecule has 0 bridgehead atoms. The summed E-state index contributed by atoms with van der Waals surface area (Å²) in [5.41, 5.74) is 0.146. The smallest absolute Gasteiger partial charge is 0.152 e. The van der Waals surface area contributed by atoms with Crippen molar-refractivity contribution in [3.8, 4) is 0 Å². The lowest BCUT2D eigenvalue weighted by Crippen LogP contribution is -2.52. The Balaban J connectivity index is 1.68. The van der Waals surface area contributed by atoms with Crippen molar-refractivity contribution in [1.29, 1.82) is 0 Å². The van der Waals surface area contributed by atoms with Gasteiger partial charge in [0, 0.05) is 5.41 Å². The van der Waals surface area contributed by atoms with Crippen LogP contribution in [-0.4, -0.2) is 21.8 Å². The molecule has 1 unspecified atom stereocenters. The number of Topliss-reactive ketones (excluding diaryl/α,β-unsaturated/α-hetero) is 1. The largest absolute Gasteiger partial charge is 0.389 e. The summed E-state index contributed by atoms with van der Waals surface area (Å²) in [7, 11) is 0. The number of fused-ring (bicyclic) bond motifs is 5. The van der Waals surface area contributed by atoms with Crippen molar-refractivity contribution < 1.29 is 9.90 Å². The Morgan fingerprint density at radius 2 is 1.95 bits per heavy atom.